The molecule has 2 N–H and O–H groups in total. The van der Waals surface area contributed by atoms with Crippen molar-refractivity contribution < 1.29 is 9.72 Å². The largest absolute Gasteiger partial charge is 0.350 e. The zero-order valence-electron chi connectivity index (χ0n) is 9.77. The average molecular weight is 237 g/mol. The molecular formula is C11H15N3O3. The number of benzene rings is 1. The third-order valence-electron chi connectivity index (χ3n) is 2.38. The number of carbonyl (C=O) groups is 1. The fourth-order valence-electron chi connectivity index (χ4n) is 1.21. The molecule has 0 aliphatic heterocycles. The standard InChI is InChI=1S/C11H15N3O3/c1-8(12-2)7-13-11(15)9-4-3-5-10(6-9)14(16)17/h3-6,8,12H,7H2,1-2H3,(H,13,15). The molecule has 92 valence electrons. The topological polar surface area (TPSA) is 84.3 Å². The Morgan fingerprint density at radius 2 is 2.24 bits per heavy atom. The van der Waals surface area contributed by atoms with Gasteiger partial charge in [-0.2, -0.15) is 0 Å². The van der Waals surface area contributed by atoms with Crippen LogP contribution >= 0.6 is 0 Å². The van der Waals surface area contributed by atoms with Gasteiger partial charge in [-0.3, -0.25) is 14.9 Å². The first-order valence-corrected chi connectivity index (χ1v) is 5.24. The molecule has 0 aromatic heterocycles. The molecule has 0 heterocycles. The van der Waals surface area contributed by atoms with E-state index in [1.54, 1.807) is 13.1 Å². The van der Waals surface area contributed by atoms with Crippen molar-refractivity contribution >= 4 is 11.6 Å². The number of amides is 1. The summed E-state index contributed by atoms with van der Waals surface area (Å²) in [5.74, 6) is -0.309. The number of nitro benzene ring substituents is 1. The summed E-state index contributed by atoms with van der Waals surface area (Å²) in [5, 5.41) is 16.2. The fourth-order valence-corrected chi connectivity index (χ4v) is 1.21. The van der Waals surface area contributed by atoms with Gasteiger partial charge in [0, 0.05) is 30.3 Å². The molecule has 17 heavy (non-hydrogen) atoms. The van der Waals surface area contributed by atoms with Crippen LogP contribution < -0.4 is 10.6 Å². The first-order chi connectivity index (χ1) is 8.04. The summed E-state index contributed by atoms with van der Waals surface area (Å²) in [5.41, 5.74) is 0.210. The summed E-state index contributed by atoms with van der Waals surface area (Å²) in [6, 6.07) is 5.81. The Bertz CT molecular complexity index is 420. The zero-order chi connectivity index (χ0) is 12.8. The molecule has 6 nitrogen and oxygen atoms in total. The van der Waals surface area contributed by atoms with E-state index in [2.05, 4.69) is 10.6 Å². The number of nitro groups is 1. The van der Waals surface area contributed by atoms with Crippen LogP contribution in [0.3, 0.4) is 0 Å². The Morgan fingerprint density at radius 3 is 2.82 bits per heavy atom. The molecule has 0 radical (unpaired) electrons. The highest BCUT2D eigenvalue weighted by Gasteiger charge is 2.11. The van der Waals surface area contributed by atoms with Crippen LogP contribution in [0.1, 0.15) is 17.3 Å². The highest BCUT2D eigenvalue weighted by Crippen LogP contribution is 2.12. The summed E-state index contributed by atoms with van der Waals surface area (Å²) >= 11 is 0. The van der Waals surface area contributed by atoms with Gasteiger partial charge in [0.05, 0.1) is 4.92 Å². The third-order valence-corrected chi connectivity index (χ3v) is 2.38. The van der Waals surface area contributed by atoms with Crippen molar-refractivity contribution in [3.8, 4) is 0 Å². The molecule has 0 fully saturated rings. The predicted molar refractivity (Wildman–Crippen MR) is 64.0 cm³/mol. The van der Waals surface area contributed by atoms with Crippen LogP contribution in [0.4, 0.5) is 5.69 Å². The molecule has 0 aliphatic rings. The lowest BCUT2D eigenvalue weighted by Crippen LogP contribution is -2.37. The second kappa shape index (κ2) is 5.95. The molecule has 6 heteroatoms. The van der Waals surface area contributed by atoms with Gasteiger partial charge >= 0.3 is 0 Å². The normalized spacial score (nSPS) is 11.9. The first-order valence-electron chi connectivity index (χ1n) is 5.24. The number of hydrogen-bond donors (Lipinski definition) is 2. The van der Waals surface area contributed by atoms with Crippen molar-refractivity contribution in [2.45, 2.75) is 13.0 Å². The van der Waals surface area contributed by atoms with E-state index in [4.69, 9.17) is 0 Å². The van der Waals surface area contributed by atoms with Crippen molar-refractivity contribution in [1.29, 1.82) is 0 Å². The number of nitrogens with one attached hydrogen (secondary N) is 2. The molecule has 1 aromatic carbocycles. The van der Waals surface area contributed by atoms with Gasteiger partial charge in [-0.15, -0.1) is 0 Å². The van der Waals surface area contributed by atoms with E-state index in [1.165, 1.54) is 18.2 Å². The maximum Gasteiger partial charge on any atom is 0.270 e. The molecule has 0 spiro atoms. The summed E-state index contributed by atoms with van der Waals surface area (Å²) in [6.45, 7) is 2.39. The zero-order valence-corrected chi connectivity index (χ0v) is 9.77. The van der Waals surface area contributed by atoms with Crippen LogP contribution in [-0.2, 0) is 0 Å². The van der Waals surface area contributed by atoms with Crippen molar-refractivity contribution in [3.05, 3.63) is 39.9 Å². The fraction of sp³-hybridized carbons (Fsp3) is 0.364. The summed E-state index contributed by atoms with van der Waals surface area (Å²) in [4.78, 5) is 21.7. The lowest BCUT2D eigenvalue weighted by molar-refractivity contribution is -0.384. The first kappa shape index (κ1) is 13.1. The van der Waals surface area contributed by atoms with Crippen LogP contribution in [0.15, 0.2) is 24.3 Å². The number of non-ortho nitro benzene ring substituents is 1. The molecule has 0 aliphatic carbocycles. The van der Waals surface area contributed by atoms with E-state index >= 15 is 0 Å². The Labute approximate surface area is 99.2 Å². The Morgan fingerprint density at radius 1 is 1.53 bits per heavy atom. The van der Waals surface area contributed by atoms with E-state index in [0.29, 0.717) is 12.1 Å². The summed E-state index contributed by atoms with van der Waals surface area (Å²) in [7, 11) is 1.80. The predicted octanol–water partition coefficient (Wildman–Crippen LogP) is 0.932. The molecule has 0 saturated heterocycles. The average Bonchev–Trinajstić information content (AvgIpc) is 2.35. The molecule has 1 unspecified atom stereocenters. The highest BCUT2D eigenvalue weighted by molar-refractivity contribution is 5.94. The number of likely N-dealkylation sites (N-methyl/N-ethyl adjacent to an activating group) is 1. The highest BCUT2D eigenvalue weighted by atomic mass is 16.6. The lowest BCUT2D eigenvalue weighted by Gasteiger charge is -2.11. The minimum atomic E-state index is -0.521. The van der Waals surface area contributed by atoms with Crippen molar-refractivity contribution in [3.63, 3.8) is 0 Å². The van der Waals surface area contributed by atoms with E-state index in [-0.39, 0.29) is 17.6 Å². The minimum absolute atomic E-state index is 0.0840. The van der Waals surface area contributed by atoms with Crippen LogP contribution in [0.5, 0.6) is 0 Å². The monoisotopic (exact) mass is 237 g/mol. The van der Waals surface area contributed by atoms with Gasteiger partial charge in [0.1, 0.15) is 0 Å². The maximum absolute atomic E-state index is 11.7. The summed E-state index contributed by atoms with van der Waals surface area (Å²) < 4.78 is 0. The van der Waals surface area contributed by atoms with Gasteiger partial charge in [-0.05, 0) is 20.0 Å². The van der Waals surface area contributed by atoms with Crippen molar-refractivity contribution in [2.75, 3.05) is 13.6 Å². The van der Waals surface area contributed by atoms with Crippen molar-refractivity contribution in [2.24, 2.45) is 0 Å². The van der Waals surface area contributed by atoms with Gasteiger partial charge < -0.3 is 10.6 Å². The maximum atomic E-state index is 11.7. The lowest BCUT2D eigenvalue weighted by atomic mass is 10.2. The second-order valence-electron chi connectivity index (χ2n) is 3.71. The molecule has 1 atom stereocenters. The van der Waals surface area contributed by atoms with Gasteiger partial charge in [-0.25, -0.2) is 0 Å². The Hall–Kier alpha value is -1.95. The molecule has 1 rings (SSSR count). The van der Waals surface area contributed by atoms with Crippen LogP contribution in [0.2, 0.25) is 0 Å². The molecular weight excluding hydrogens is 222 g/mol. The minimum Gasteiger partial charge on any atom is -0.350 e. The third kappa shape index (κ3) is 3.84. The van der Waals surface area contributed by atoms with Gasteiger partial charge in [-0.1, -0.05) is 6.07 Å². The molecule has 0 saturated carbocycles. The van der Waals surface area contributed by atoms with Gasteiger partial charge in [0.15, 0.2) is 0 Å². The van der Waals surface area contributed by atoms with Gasteiger partial charge in [0.25, 0.3) is 11.6 Å². The van der Waals surface area contributed by atoms with E-state index in [0.717, 1.165) is 0 Å². The van der Waals surface area contributed by atoms with E-state index < -0.39 is 4.92 Å². The number of nitrogens with zero attached hydrogens (tertiary/aromatic N) is 1. The Kier molecular flexibility index (Phi) is 4.59. The quantitative estimate of drug-likeness (QED) is 0.589. The Balaban J connectivity index is 2.69. The number of hydrogen-bond acceptors (Lipinski definition) is 4. The number of carbonyl (C=O) groups excluding carboxylic acids is 1. The van der Waals surface area contributed by atoms with Gasteiger partial charge in [0.2, 0.25) is 0 Å². The van der Waals surface area contributed by atoms with E-state index in [9.17, 15) is 14.9 Å². The SMILES string of the molecule is CNC(C)CNC(=O)c1cccc([N+](=O)[O-])c1. The van der Waals surface area contributed by atoms with Crippen LogP contribution in [0, 0.1) is 10.1 Å². The molecule has 1 amide bonds. The van der Waals surface area contributed by atoms with Crippen LogP contribution in [-0.4, -0.2) is 30.5 Å². The number of rotatable bonds is 5. The second-order valence-corrected chi connectivity index (χ2v) is 3.71. The molecule has 1 aromatic rings. The van der Waals surface area contributed by atoms with Crippen molar-refractivity contribution in [1.82, 2.24) is 10.6 Å². The smallest absolute Gasteiger partial charge is 0.270 e. The summed E-state index contributed by atoms with van der Waals surface area (Å²) in [6.07, 6.45) is 0. The van der Waals surface area contributed by atoms with Crippen LogP contribution in [0.25, 0.3) is 0 Å². The molecule has 0 bridgehead atoms. The van der Waals surface area contributed by atoms with E-state index in [1.807, 2.05) is 6.92 Å².